The summed E-state index contributed by atoms with van der Waals surface area (Å²) >= 11 is 25.0. The molecule has 0 saturated heterocycles. The molecule has 0 fully saturated rings. The van der Waals surface area contributed by atoms with E-state index in [-0.39, 0.29) is 124 Å². The first-order valence-corrected chi connectivity index (χ1v) is 37.9. The van der Waals surface area contributed by atoms with Crippen LogP contribution in [0, 0.1) is 0 Å². The van der Waals surface area contributed by atoms with E-state index in [9.17, 15) is 146 Å². The average Bonchev–Trinajstić information content (AvgIpc) is 0.795. The Morgan fingerprint density at radius 1 is 0.161 bits per heavy atom. The summed E-state index contributed by atoms with van der Waals surface area (Å²) in [4.78, 5) is 73.6. The molecule has 12 aromatic rings. The number of halogens is 8. The van der Waals surface area contributed by atoms with Crippen molar-refractivity contribution >= 4 is 162 Å². The van der Waals surface area contributed by atoms with Crippen molar-refractivity contribution < 1.29 is 162 Å². The Labute approximate surface area is 727 Å². The van der Waals surface area contributed by atoms with Crippen molar-refractivity contribution in [2.45, 2.75) is 0 Å². The fraction of sp³-hybridized carbons (Fsp3) is 0. The Morgan fingerprint density at radius 2 is 0.373 bits per heavy atom. The first-order chi connectivity index (χ1) is 55.1. The molecule has 0 radical (unpaired) electrons. The maximum atomic E-state index is 12.5. The predicted molar refractivity (Wildman–Crippen MR) is 443 cm³/mol. The number of carbonyl (C=O) groups excluding carboxylic acids is 6. The summed E-state index contributed by atoms with van der Waals surface area (Å²) in [6, 6.07) is 29.3. The van der Waals surface area contributed by atoms with Gasteiger partial charge in [-0.15, -0.1) is 0 Å². The first kappa shape index (κ1) is 92.5. The Kier molecular flexibility index (Phi) is 30.4. The van der Waals surface area contributed by atoms with E-state index in [0.29, 0.717) is 13.4 Å². The molecule has 0 amide bonds. The molecule has 0 atom stereocenters. The predicted octanol–water partition coefficient (Wildman–Crippen LogP) is 16.0. The lowest BCUT2D eigenvalue weighted by Crippen LogP contribution is -2.04. The highest BCUT2D eigenvalue weighted by Crippen LogP contribution is 2.47. The molecule has 118 heavy (non-hydrogen) atoms. The molecule has 26 N–H and O–H groups in total. The minimum Gasteiger partial charge on any atom is -0.507 e. The molecule has 0 heterocycles. The summed E-state index contributed by atoms with van der Waals surface area (Å²) in [7, 11) is 0. The van der Waals surface area contributed by atoms with Gasteiger partial charge >= 0.3 is 0 Å². The van der Waals surface area contributed by atoms with Crippen LogP contribution in [0.25, 0.3) is 0 Å². The second kappa shape index (κ2) is 38.8. The topological polar surface area (TPSA) is 628 Å². The normalized spacial score (nSPS) is 10.4. The summed E-state index contributed by atoms with van der Waals surface area (Å²) < 4.78 is 2.40. The molecule has 0 unspecified atom stereocenters. The van der Waals surface area contributed by atoms with Gasteiger partial charge in [0.1, 0.15) is 17.1 Å². The van der Waals surface area contributed by atoms with Gasteiger partial charge in [0.15, 0.2) is 167 Å². The van der Waals surface area contributed by atoms with Gasteiger partial charge in [0.2, 0.25) is 5.78 Å². The molecule has 0 aliphatic carbocycles. The number of hydrogen-bond donors (Lipinski definition) is 26. The number of benzene rings is 12. The van der Waals surface area contributed by atoms with Crippen molar-refractivity contribution in [1.29, 1.82) is 0 Å². The largest absolute Gasteiger partial charge is 0.507 e. The van der Waals surface area contributed by atoms with Crippen LogP contribution in [0.1, 0.15) is 95.5 Å². The Hall–Kier alpha value is -12.7. The molecule has 0 aliphatic rings. The van der Waals surface area contributed by atoms with E-state index in [0.717, 1.165) is 97.1 Å². The Morgan fingerprint density at radius 3 is 0.695 bits per heavy atom. The van der Waals surface area contributed by atoms with Gasteiger partial charge in [-0.2, -0.15) is 0 Å². The third-order valence-electron chi connectivity index (χ3n) is 15.7. The highest BCUT2D eigenvalue weighted by atomic mass is 79.9. The van der Waals surface area contributed by atoms with E-state index in [1.807, 2.05) is 0 Å². The fourth-order valence-corrected chi connectivity index (χ4v) is 13.4. The van der Waals surface area contributed by atoms with Crippen molar-refractivity contribution in [2.75, 3.05) is 0 Å². The van der Waals surface area contributed by atoms with Crippen LogP contribution in [-0.2, 0) is 0 Å². The molecule has 612 valence electrons. The third-order valence-corrected chi connectivity index (χ3v) is 22.3. The maximum absolute atomic E-state index is 12.5. The minimum atomic E-state index is -0.804. The highest BCUT2D eigenvalue weighted by Gasteiger charge is 2.29. The number of rotatable bonds is 12. The van der Waals surface area contributed by atoms with Crippen LogP contribution in [0.15, 0.2) is 194 Å². The summed E-state index contributed by atoms with van der Waals surface area (Å²) in [6.45, 7) is 0. The molecule has 0 aliphatic heterocycles. The summed E-state index contributed by atoms with van der Waals surface area (Å²) in [5.74, 6) is -15.8. The van der Waals surface area contributed by atoms with Gasteiger partial charge in [-0.3, -0.25) is 28.8 Å². The van der Waals surface area contributed by atoms with Gasteiger partial charge < -0.3 is 133 Å². The van der Waals surface area contributed by atoms with Crippen LogP contribution in [0.4, 0.5) is 0 Å². The van der Waals surface area contributed by atoms with Gasteiger partial charge in [0.05, 0.1) is 16.7 Å². The van der Waals surface area contributed by atoms with Crippen LogP contribution in [0.2, 0.25) is 0 Å². The van der Waals surface area contributed by atoms with Crippen LogP contribution in [0.3, 0.4) is 0 Å². The second-order valence-corrected chi connectivity index (χ2v) is 30.3. The summed E-state index contributed by atoms with van der Waals surface area (Å²) in [5, 5.41) is 245. The minimum absolute atomic E-state index is 0.00990. The lowest BCUT2D eigenvalue weighted by molar-refractivity contribution is 0.102. The quantitative estimate of drug-likeness (QED) is 0.0307. The smallest absolute Gasteiger partial charge is 0.200 e. The number of ketones is 6. The van der Waals surface area contributed by atoms with Crippen LogP contribution in [0.5, 0.6) is 149 Å². The van der Waals surface area contributed by atoms with Gasteiger partial charge in [0, 0.05) is 86.4 Å². The molecular weight excluding hydrogens is 2090 g/mol. The van der Waals surface area contributed by atoms with Gasteiger partial charge in [-0.05, 0) is 279 Å². The molecule has 0 saturated carbocycles. The number of phenolic OH excluding ortho intramolecular Hbond substituents is 26. The monoisotopic (exact) mass is 2130 g/mol. The molecule has 32 nitrogen and oxygen atoms in total. The number of carbonyl (C=O) groups is 6. The number of aromatic hydroxyl groups is 26. The molecule has 40 heteroatoms. The van der Waals surface area contributed by atoms with Gasteiger partial charge in [-0.25, -0.2) is 0 Å². The van der Waals surface area contributed by atoms with Crippen molar-refractivity contribution in [1.82, 2.24) is 0 Å². The van der Waals surface area contributed by atoms with Gasteiger partial charge in [0.25, 0.3) is 0 Å². The Balaban J connectivity index is 0.000000196. The third kappa shape index (κ3) is 21.5. The van der Waals surface area contributed by atoms with Crippen LogP contribution < -0.4 is 0 Å². The lowest BCUT2D eigenvalue weighted by atomic mass is 10.0. The SMILES string of the molecule is O=C(c1cc(O)c(O)cc1Br)c1c(O)c(O)cc(Br)c1Br.O=C(c1cc(O)c(O)cc1Br)c1cc(O)c(O)cc1Br.O=C(c1ccc(O)c(O)c1)c1c(O)c(O)cc(Br)c1Br.O=C(c1ccc(O)c(O)c1)c1c(O)ccc(O)c1O.O=C(c1ccc(O)c(O)c1)c1cc(O)c(O)cc1Br.O=C(c1ccc(O)c(O)c1)c1cc(O)c(O)cc1O. The molecule has 0 spiro atoms. The van der Waals surface area contributed by atoms with Crippen molar-refractivity contribution in [3.05, 3.63) is 260 Å². The van der Waals surface area contributed by atoms with Crippen molar-refractivity contribution in [3.8, 4) is 149 Å². The average molecular weight is 2140 g/mol. The summed E-state index contributed by atoms with van der Waals surface area (Å²) in [5.41, 5.74) is -0.562. The number of hydrogen-bond acceptors (Lipinski definition) is 32. The maximum Gasteiger partial charge on any atom is 0.200 e. The summed E-state index contributed by atoms with van der Waals surface area (Å²) in [6.07, 6.45) is 0. The van der Waals surface area contributed by atoms with E-state index >= 15 is 0 Å². The van der Waals surface area contributed by atoms with Crippen LogP contribution in [-0.4, -0.2) is 167 Å². The van der Waals surface area contributed by atoms with Crippen molar-refractivity contribution in [2.24, 2.45) is 0 Å². The second-order valence-electron chi connectivity index (χ2n) is 23.6. The van der Waals surface area contributed by atoms with E-state index in [1.165, 1.54) is 60.7 Å². The van der Waals surface area contributed by atoms with E-state index in [1.54, 1.807) is 0 Å². The zero-order valence-electron chi connectivity index (χ0n) is 58.1. The zero-order valence-corrected chi connectivity index (χ0v) is 70.8. The Bertz CT molecular complexity index is 5830. The van der Waals surface area contributed by atoms with Crippen molar-refractivity contribution in [3.63, 3.8) is 0 Å². The fourth-order valence-electron chi connectivity index (χ4n) is 9.60. The zero-order chi connectivity index (χ0) is 88.4. The standard InChI is InChI=1S/C13H7Br3O5.2C13H8Br2O5.C13H9BrO5.2C13H10O6/c14-5-2-8(18)7(17)1-4(5)12(20)10-11(16)6(15)3-9(19)13(10)21;14-7-3-11(18)9(16)1-5(7)13(20)6-2-10(17)12(19)4-8(6)15;14-6-4-9(18)13(20)10(11(6)15)12(19)5-1-2-7(16)8(17)3-5;14-8-5-12(18)11(17)4-7(8)13(19)6-1-2-9(15)10(16)3-6;14-8-2-1-6(3-10(8)16)13(19)7-4-11(17)12(18)5-9(7)15;14-7-2-1-6(5-10(7)17)12(18)11-8(15)3-4-9(16)13(11)19/h1-3,17-19,21H;1-4,16-19H;1-4,16-18,20H;1-5,15-18H;1-5,14-18H;1-5,14-17,19H. The molecular formula is C78H52Br8O32. The molecule has 0 aromatic heterocycles. The molecule has 0 bridgehead atoms. The first-order valence-electron chi connectivity index (χ1n) is 31.6. The highest BCUT2D eigenvalue weighted by molar-refractivity contribution is 9.13. The molecule has 12 rings (SSSR count). The van der Waals surface area contributed by atoms with E-state index < -0.39 is 150 Å². The van der Waals surface area contributed by atoms with E-state index in [4.69, 9.17) is 15.3 Å². The molecule has 12 aromatic carbocycles. The van der Waals surface area contributed by atoms with Gasteiger partial charge in [-0.1, -0.05) is 0 Å². The van der Waals surface area contributed by atoms with Crippen LogP contribution >= 0.6 is 127 Å². The van der Waals surface area contributed by atoms with E-state index in [2.05, 4.69) is 127 Å². The number of phenols is 26. The lowest BCUT2D eigenvalue weighted by Gasteiger charge is -2.11.